The number of benzene rings is 1. The molecule has 1 saturated heterocycles. The molecule has 112 valence electrons. The lowest BCUT2D eigenvalue weighted by Gasteiger charge is -2.33. The van der Waals surface area contributed by atoms with Gasteiger partial charge in [0.05, 0.1) is 11.6 Å². The van der Waals surface area contributed by atoms with E-state index in [2.05, 4.69) is 27.3 Å². The summed E-state index contributed by atoms with van der Waals surface area (Å²) in [5.74, 6) is 1.08. The molecular formula is C18H20N4. The molecule has 2 aromatic rings. The number of aromatic nitrogens is 1. The van der Waals surface area contributed by atoms with E-state index in [9.17, 15) is 0 Å². The van der Waals surface area contributed by atoms with Crippen LogP contribution < -0.4 is 10.2 Å². The largest absolute Gasteiger partial charge is 0.357 e. The number of nitrogens with zero attached hydrogens (tertiary/aromatic N) is 3. The Hall–Kier alpha value is -2.38. The van der Waals surface area contributed by atoms with E-state index in [4.69, 9.17) is 5.26 Å². The second-order valence-electron chi connectivity index (χ2n) is 5.64. The maximum absolute atomic E-state index is 8.81. The fraction of sp³-hybridized carbons (Fsp3) is 0.333. The van der Waals surface area contributed by atoms with Crippen molar-refractivity contribution in [2.45, 2.75) is 25.4 Å². The monoisotopic (exact) mass is 292 g/mol. The van der Waals surface area contributed by atoms with Gasteiger partial charge in [-0.25, -0.2) is 4.98 Å². The molecule has 1 aliphatic heterocycles. The van der Waals surface area contributed by atoms with Crippen molar-refractivity contribution in [1.82, 2.24) is 10.3 Å². The Morgan fingerprint density at radius 1 is 1.14 bits per heavy atom. The molecule has 2 heterocycles. The van der Waals surface area contributed by atoms with Gasteiger partial charge in [0, 0.05) is 31.9 Å². The number of pyridine rings is 1. The summed E-state index contributed by atoms with van der Waals surface area (Å²) in [6, 6.07) is 16.6. The van der Waals surface area contributed by atoms with Crippen LogP contribution >= 0.6 is 0 Å². The zero-order valence-corrected chi connectivity index (χ0v) is 12.6. The number of hydrogen-bond acceptors (Lipinski definition) is 4. The van der Waals surface area contributed by atoms with Crippen molar-refractivity contribution in [3.8, 4) is 6.07 Å². The van der Waals surface area contributed by atoms with E-state index in [-0.39, 0.29) is 0 Å². The summed E-state index contributed by atoms with van der Waals surface area (Å²) < 4.78 is 0. The molecular weight excluding hydrogens is 272 g/mol. The van der Waals surface area contributed by atoms with E-state index in [0.29, 0.717) is 11.6 Å². The third-order valence-electron chi connectivity index (χ3n) is 4.15. The number of piperidine rings is 1. The molecule has 0 aliphatic carbocycles. The minimum Gasteiger partial charge on any atom is -0.357 e. The molecule has 0 atom stereocenters. The first-order valence-electron chi connectivity index (χ1n) is 7.73. The first kappa shape index (κ1) is 14.6. The molecule has 0 unspecified atom stereocenters. The van der Waals surface area contributed by atoms with Crippen molar-refractivity contribution in [2.75, 3.05) is 18.0 Å². The zero-order valence-electron chi connectivity index (χ0n) is 12.6. The summed E-state index contributed by atoms with van der Waals surface area (Å²) in [6.07, 6.45) is 4.12. The summed E-state index contributed by atoms with van der Waals surface area (Å²) in [7, 11) is 0. The van der Waals surface area contributed by atoms with Gasteiger partial charge in [-0.15, -0.1) is 0 Å². The van der Waals surface area contributed by atoms with E-state index < -0.39 is 0 Å². The van der Waals surface area contributed by atoms with Crippen molar-refractivity contribution < 1.29 is 0 Å². The van der Waals surface area contributed by atoms with Crippen molar-refractivity contribution in [1.29, 1.82) is 5.26 Å². The Balaban J connectivity index is 1.47. The van der Waals surface area contributed by atoms with Gasteiger partial charge in [-0.2, -0.15) is 5.26 Å². The number of hydrogen-bond donors (Lipinski definition) is 1. The van der Waals surface area contributed by atoms with Gasteiger partial charge in [-0.3, -0.25) is 0 Å². The highest BCUT2D eigenvalue weighted by Crippen LogP contribution is 2.17. The van der Waals surface area contributed by atoms with Crippen molar-refractivity contribution in [2.24, 2.45) is 0 Å². The third-order valence-corrected chi connectivity index (χ3v) is 4.15. The van der Waals surface area contributed by atoms with Gasteiger partial charge in [0.2, 0.25) is 0 Å². The first-order valence-corrected chi connectivity index (χ1v) is 7.73. The Labute approximate surface area is 131 Å². The van der Waals surface area contributed by atoms with Crippen molar-refractivity contribution >= 4 is 5.82 Å². The highest BCUT2D eigenvalue weighted by molar-refractivity contribution is 5.38. The van der Waals surface area contributed by atoms with E-state index in [1.165, 1.54) is 5.56 Å². The molecule has 0 amide bonds. The number of rotatable bonds is 4. The Morgan fingerprint density at radius 2 is 1.91 bits per heavy atom. The fourth-order valence-corrected chi connectivity index (χ4v) is 2.81. The van der Waals surface area contributed by atoms with Crippen LogP contribution in [0.2, 0.25) is 0 Å². The average molecular weight is 292 g/mol. The Morgan fingerprint density at radius 3 is 2.55 bits per heavy atom. The fourth-order valence-electron chi connectivity index (χ4n) is 2.81. The smallest absolute Gasteiger partial charge is 0.128 e. The number of nitriles is 1. The van der Waals surface area contributed by atoms with Gasteiger partial charge in [-0.1, -0.05) is 18.2 Å². The molecule has 0 radical (unpaired) electrons. The molecule has 3 rings (SSSR count). The van der Waals surface area contributed by atoms with Crippen LogP contribution in [0.15, 0.2) is 48.7 Å². The molecule has 0 spiro atoms. The summed E-state index contributed by atoms with van der Waals surface area (Å²) >= 11 is 0. The van der Waals surface area contributed by atoms with Gasteiger partial charge in [0.25, 0.3) is 0 Å². The van der Waals surface area contributed by atoms with Crippen LogP contribution in [0.1, 0.15) is 24.0 Å². The highest BCUT2D eigenvalue weighted by Gasteiger charge is 2.19. The van der Waals surface area contributed by atoms with E-state index in [1.54, 1.807) is 0 Å². The second-order valence-corrected chi connectivity index (χ2v) is 5.64. The quantitative estimate of drug-likeness (QED) is 0.941. The molecule has 4 nitrogen and oxygen atoms in total. The topological polar surface area (TPSA) is 52.0 Å². The molecule has 0 bridgehead atoms. The lowest BCUT2D eigenvalue weighted by molar-refractivity contribution is 0.413. The van der Waals surface area contributed by atoms with Gasteiger partial charge in [0.1, 0.15) is 5.82 Å². The highest BCUT2D eigenvalue weighted by atomic mass is 15.2. The lowest BCUT2D eigenvalue weighted by atomic mass is 10.0. The summed E-state index contributed by atoms with van der Waals surface area (Å²) in [4.78, 5) is 6.76. The molecule has 1 aliphatic rings. The molecule has 22 heavy (non-hydrogen) atoms. The molecule has 4 heteroatoms. The summed E-state index contributed by atoms with van der Waals surface area (Å²) in [5.41, 5.74) is 1.94. The maximum Gasteiger partial charge on any atom is 0.128 e. The van der Waals surface area contributed by atoms with Crippen LogP contribution in [0.25, 0.3) is 0 Å². The molecule has 1 aromatic carbocycles. The van der Waals surface area contributed by atoms with E-state index in [1.807, 2.05) is 42.6 Å². The van der Waals surface area contributed by atoms with Crippen LogP contribution in [0.5, 0.6) is 0 Å². The molecule has 1 N–H and O–H groups in total. The first-order chi connectivity index (χ1) is 10.8. The maximum atomic E-state index is 8.81. The molecule has 1 fully saturated rings. The minimum absolute atomic E-state index is 0.551. The third kappa shape index (κ3) is 3.63. The average Bonchev–Trinajstić information content (AvgIpc) is 2.61. The van der Waals surface area contributed by atoms with Gasteiger partial charge < -0.3 is 10.2 Å². The SMILES string of the molecule is N#Cc1ccc(CNC2CCN(c3ccccn3)CC2)cc1. The van der Waals surface area contributed by atoms with Crippen LogP contribution in [0.4, 0.5) is 5.82 Å². The van der Waals surface area contributed by atoms with Crippen molar-refractivity contribution in [3.63, 3.8) is 0 Å². The molecule has 0 saturated carbocycles. The van der Waals surface area contributed by atoms with Crippen LogP contribution in [0.3, 0.4) is 0 Å². The lowest BCUT2D eigenvalue weighted by Crippen LogP contribution is -2.42. The summed E-state index contributed by atoms with van der Waals surface area (Å²) in [5, 5.41) is 12.4. The van der Waals surface area contributed by atoms with Gasteiger partial charge in [-0.05, 0) is 42.7 Å². The van der Waals surface area contributed by atoms with Crippen LogP contribution in [-0.4, -0.2) is 24.1 Å². The predicted molar refractivity (Wildman–Crippen MR) is 87.5 cm³/mol. The standard InChI is InChI=1S/C18H20N4/c19-13-15-4-6-16(7-5-15)14-21-17-8-11-22(12-9-17)18-3-1-2-10-20-18/h1-7,10,17,21H,8-9,11-12,14H2. The van der Waals surface area contributed by atoms with Crippen LogP contribution in [0, 0.1) is 11.3 Å². The normalized spacial score (nSPS) is 15.5. The second kappa shape index (κ2) is 7.06. The summed E-state index contributed by atoms with van der Waals surface area (Å²) in [6.45, 7) is 2.95. The Kier molecular flexibility index (Phi) is 4.67. The van der Waals surface area contributed by atoms with Crippen molar-refractivity contribution in [3.05, 3.63) is 59.8 Å². The predicted octanol–water partition coefficient (Wildman–Crippen LogP) is 2.71. The number of anilines is 1. The van der Waals surface area contributed by atoms with Gasteiger partial charge in [0.15, 0.2) is 0 Å². The van der Waals surface area contributed by atoms with E-state index in [0.717, 1.165) is 38.3 Å². The molecule has 1 aromatic heterocycles. The number of nitrogens with one attached hydrogen (secondary N) is 1. The Bertz CT molecular complexity index is 622. The van der Waals surface area contributed by atoms with Gasteiger partial charge >= 0.3 is 0 Å². The van der Waals surface area contributed by atoms with E-state index >= 15 is 0 Å². The van der Waals surface area contributed by atoms with Crippen LogP contribution in [-0.2, 0) is 6.54 Å². The zero-order chi connectivity index (χ0) is 15.2. The minimum atomic E-state index is 0.551.